The van der Waals surface area contributed by atoms with Crippen molar-refractivity contribution in [3.05, 3.63) is 59.3 Å². The van der Waals surface area contributed by atoms with Gasteiger partial charge in [-0.05, 0) is 31.2 Å². The van der Waals surface area contributed by atoms with Crippen LogP contribution in [0.25, 0.3) is 0 Å². The summed E-state index contributed by atoms with van der Waals surface area (Å²) in [6.45, 7) is 2.78. The number of aryl methyl sites for hydroxylation is 1. The maximum atomic E-state index is 13.2. The second kappa shape index (κ2) is 6.32. The Morgan fingerprint density at radius 2 is 2.09 bits per heavy atom. The summed E-state index contributed by atoms with van der Waals surface area (Å²) in [5.41, 5.74) is 0.994. The number of rotatable bonds is 3. The molecule has 6 heteroatoms. The standard InChI is InChI=1S/C17H16F2N2O2/c1-11-3-2-4-16(20-11)23-13-7-8-21(10-13)17(22)12-5-6-14(18)15(19)9-12/h2-6,9,13H,7-8,10H2,1H3. The first kappa shape index (κ1) is 15.4. The maximum Gasteiger partial charge on any atom is 0.254 e. The first-order valence-electron chi connectivity index (χ1n) is 7.37. The van der Waals surface area contributed by atoms with Crippen LogP contribution in [-0.4, -0.2) is 35.0 Å². The molecule has 2 aromatic rings. The van der Waals surface area contributed by atoms with E-state index in [9.17, 15) is 13.6 Å². The molecule has 1 amide bonds. The normalized spacial score (nSPS) is 17.3. The summed E-state index contributed by atoms with van der Waals surface area (Å²) in [7, 11) is 0. The third-order valence-corrected chi connectivity index (χ3v) is 3.75. The van der Waals surface area contributed by atoms with Gasteiger partial charge in [0.05, 0.1) is 6.54 Å². The number of likely N-dealkylation sites (tertiary alicyclic amines) is 1. The van der Waals surface area contributed by atoms with Crippen molar-refractivity contribution < 1.29 is 18.3 Å². The molecule has 0 aliphatic carbocycles. The quantitative estimate of drug-likeness (QED) is 0.874. The molecule has 0 radical (unpaired) electrons. The van der Waals surface area contributed by atoms with Crippen LogP contribution >= 0.6 is 0 Å². The topological polar surface area (TPSA) is 42.4 Å². The van der Waals surface area contributed by atoms with Gasteiger partial charge in [-0.15, -0.1) is 0 Å². The fourth-order valence-corrected chi connectivity index (χ4v) is 2.58. The van der Waals surface area contributed by atoms with Crippen molar-refractivity contribution in [3.8, 4) is 5.88 Å². The molecule has 23 heavy (non-hydrogen) atoms. The average Bonchev–Trinajstić information content (AvgIpc) is 2.98. The minimum Gasteiger partial charge on any atom is -0.472 e. The van der Waals surface area contributed by atoms with E-state index in [1.165, 1.54) is 6.07 Å². The predicted molar refractivity (Wildman–Crippen MR) is 80.3 cm³/mol. The number of carbonyl (C=O) groups excluding carboxylic acids is 1. The molecular weight excluding hydrogens is 302 g/mol. The van der Waals surface area contributed by atoms with E-state index in [1.54, 1.807) is 11.0 Å². The van der Waals surface area contributed by atoms with Crippen molar-refractivity contribution in [2.24, 2.45) is 0 Å². The zero-order valence-corrected chi connectivity index (χ0v) is 12.6. The molecule has 1 aliphatic rings. The minimum absolute atomic E-state index is 0.137. The first-order chi connectivity index (χ1) is 11.0. The number of hydrogen-bond acceptors (Lipinski definition) is 3. The highest BCUT2D eigenvalue weighted by molar-refractivity contribution is 5.94. The number of hydrogen-bond donors (Lipinski definition) is 0. The molecule has 1 saturated heterocycles. The molecule has 1 fully saturated rings. The van der Waals surface area contributed by atoms with E-state index in [0.29, 0.717) is 25.4 Å². The van der Waals surface area contributed by atoms with E-state index in [0.717, 1.165) is 17.8 Å². The van der Waals surface area contributed by atoms with Gasteiger partial charge in [0, 0.05) is 30.3 Å². The molecule has 1 unspecified atom stereocenters. The van der Waals surface area contributed by atoms with Crippen LogP contribution in [0.2, 0.25) is 0 Å². The third-order valence-electron chi connectivity index (χ3n) is 3.75. The predicted octanol–water partition coefficient (Wildman–Crippen LogP) is 2.96. The van der Waals surface area contributed by atoms with E-state index < -0.39 is 11.6 Å². The van der Waals surface area contributed by atoms with Crippen LogP contribution in [-0.2, 0) is 0 Å². The van der Waals surface area contributed by atoms with Crippen LogP contribution in [0.3, 0.4) is 0 Å². The third kappa shape index (κ3) is 3.47. The molecule has 1 aromatic heterocycles. The van der Waals surface area contributed by atoms with Crippen molar-refractivity contribution in [1.82, 2.24) is 9.88 Å². The fraction of sp³-hybridized carbons (Fsp3) is 0.294. The summed E-state index contributed by atoms with van der Waals surface area (Å²) in [6, 6.07) is 8.68. The summed E-state index contributed by atoms with van der Waals surface area (Å²) < 4.78 is 32.0. The van der Waals surface area contributed by atoms with Gasteiger partial charge >= 0.3 is 0 Å². The Kier molecular flexibility index (Phi) is 4.23. The first-order valence-corrected chi connectivity index (χ1v) is 7.37. The highest BCUT2D eigenvalue weighted by atomic mass is 19.2. The average molecular weight is 318 g/mol. The SMILES string of the molecule is Cc1cccc(OC2CCN(C(=O)c3ccc(F)c(F)c3)C2)n1. The molecular formula is C17H16F2N2O2. The molecule has 1 atom stereocenters. The summed E-state index contributed by atoms with van der Waals surface area (Å²) in [6.07, 6.45) is 0.518. The summed E-state index contributed by atoms with van der Waals surface area (Å²) >= 11 is 0. The molecule has 1 aliphatic heterocycles. The lowest BCUT2D eigenvalue weighted by Crippen LogP contribution is -2.31. The minimum atomic E-state index is -1.02. The molecule has 4 nitrogen and oxygen atoms in total. The van der Waals surface area contributed by atoms with Crippen molar-refractivity contribution in [2.45, 2.75) is 19.4 Å². The van der Waals surface area contributed by atoms with Crippen LogP contribution < -0.4 is 4.74 Å². The van der Waals surface area contributed by atoms with Crippen molar-refractivity contribution in [3.63, 3.8) is 0 Å². The Balaban J connectivity index is 1.64. The maximum absolute atomic E-state index is 13.2. The lowest BCUT2D eigenvalue weighted by Gasteiger charge is -2.17. The number of halogens is 2. The van der Waals surface area contributed by atoms with E-state index in [-0.39, 0.29) is 17.6 Å². The van der Waals surface area contributed by atoms with E-state index in [4.69, 9.17) is 4.74 Å². The fourth-order valence-electron chi connectivity index (χ4n) is 2.58. The Labute approximate surface area is 132 Å². The van der Waals surface area contributed by atoms with Crippen LogP contribution in [0.1, 0.15) is 22.5 Å². The summed E-state index contributed by atoms with van der Waals surface area (Å²) in [5.74, 6) is -1.79. The van der Waals surface area contributed by atoms with Gasteiger partial charge in [-0.2, -0.15) is 0 Å². The Hall–Kier alpha value is -2.50. The van der Waals surface area contributed by atoms with Crippen molar-refractivity contribution in [2.75, 3.05) is 13.1 Å². The van der Waals surface area contributed by atoms with Crippen LogP contribution in [0, 0.1) is 18.6 Å². The molecule has 0 N–H and O–H groups in total. The Bertz CT molecular complexity index is 736. The summed E-state index contributed by atoms with van der Waals surface area (Å²) in [4.78, 5) is 18.2. The van der Waals surface area contributed by atoms with E-state index in [2.05, 4.69) is 4.98 Å². The van der Waals surface area contributed by atoms with Gasteiger partial charge in [0.25, 0.3) is 5.91 Å². The number of nitrogens with zero attached hydrogens (tertiary/aromatic N) is 2. The highest BCUT2D eigenvalue weighted by Crippen LogP contribution is 2.19. The van der Waals surface area contributed by atoms with Gasteiger partial charge in [0.15, 0.2) is 11.6 Å². The van der Waals surface area contributed by atoms with Gasteiger partial charge < -0.3 is 9.64 Å². The van der Waals surface area contributed by atoms with Crippen LogP contribution in [0.4, 0.5) is 8.78 Å². The molecule has 1 aromatic carbocycles. The molecule has 120 valence electrons. The molecule has 0 saturated carbocycles. The second-order valence-corrected chi connectivity index (χ2v) is 5.53. The number of ether oxygens (including phenoxy) is 1. The Morgan fingerprint density at radius 3 is 2.83 bits per heavy atom. The van der Waals surface area contributed by atoms with Crippen molar-refractivity contribution >= 4 is 5.91 Å². The number of pyridine rings is 1. The van der Waals surface area contributed by atoms with Gasteiger partial charge in [-0.25, -0.2) is 13.8 Å². The second-order valence-electron chi connectivity index (χ2n) is 5.53. The zero-order chi connectivity index (χ0) is 16.4. The lowest BCUT2D eigenvalue weighted by atomic mass is 10.2. The van der Waals surface area contributed by atoms with Crippen LogP contribution in [0.5, 0.6) is 5.88 Å². The van der Waals surface area contributed by atoms with Gasteiger partial charge in [-0.1, -0.05) is 6.07 Å². The zero-order valence-electron chi connectivity index (χ0n) is 12.6. The lowest BCUT2D eigenvalue weighted by molar-refractivity contribution is 0.0770. The van der Waals surface area contributed by atoms with E-state index >= 15 is 0 Å². The van der Waals surface area contributed by atoms with Crippen LogP contribution in [0.15, 0.2) is 36.4 Å². The van der Waals surface area contributed by atoms with E-state index in [1.807, 2.05) is 19.1 Å². The number of benzene rings is 1. The highest BCUT2D eigenvalue weighted by Gasteiger charge is 2.29. The molecule has 0 spiro atoms. The Morgan fingerprint density at radius 1 is 1.26 bits per heavy atom. The monoisotopic (exact) mass is 318 g/mol. The molecule has 3 rings (SSSR count). The van der Waals surface area contributed by atoms with Gasteiger partial charge in [0.2, 0.25) is 5.88 Å². The molecule has 2 heterocycles. The van der Waals surface area contributed by atoms with Crippen molar-refractivity contribution in [1.29, 1.82) is 0 Å². The largest absolute Gasteiger partial charge is 0.472 e. The number of aromatic nitrogens is 1. The van der Waals surface area contributed by atoms with Gasteiger partial charge in [0.1, 0.15) is 6.10 Å². The molecule has 0 bridgehead atoms. The summed E-state index contributed by atoms with van der Waals surface area (Å²) in [5, 5.41) is 0. The number of amides is 1. The smallest absolute Gasteiger partial charge is 0.254 e. The van der Waals surface area contributed by atoms with Gasteiger partial charge in [-0.3, -0.25) is 4.79 Å². The number of carbonyl (C=O) groups is 1.